The lowest BCUT2D eigenvalue weighted by atomic mass is 9.98. The van der Waals surface area contributed by atoms with Crippen LogP contribution in [-0.4, -0.2) is 12.1 Å². The standard InChI is InChI=1S/C12H14F3NO/c1-8-5-3-4-6-10(8)11(16-9(2)17)7-12(13,14)15/h3-6,11H,7H2,1-2H3,(H,16,17)/t11-/m0/s1. The molecule has 1 aromatic carbocycles. The second-order valence-corrected chi connectivity index (χ2v) is 3.93. The molecule has 1 atom stereocenters. The molecule has 0 aliphatic rings. The third-order valence-corrected chi connectivity index (χ3v) is 2.38. The summed E-state index contributed by atoms with van der Waals surface area (Å²) in [5, 5.41) is 2.33. The second-order valence-electron chi connectivity index (χ2n) is 3.93. The topological polar surface area (TPSA) is 29.1 Å². The lowest BCUT2D eigenvalue weighted by molar-refractivity contribution is -0.142. The minimum Gasteiger partial charge on any atom is -0.349 e. The Kier molecular flexibility index (Phi) is 4.15. The third kappa shape index (κ3) is 4.46. The summed E-state index contributed by atoms with van der Waals surface area (Å²) in [7, 11) is 0. The maximum Gasteiger partial charge on any atom is 0.391 e. The molecule has 5 heteroatoms. The average molecular weight is 245 g/mol. The largest absolute Gasteiger partial charge is 0.391 e. The SMILES string of the molecule is CC(=O)N[C@@H](CC(F)(F)F)c1ccccc1C. The third-order valence-electron chi connectivity index (χ3n) is 2.38. The molecule has 0 radical (unpaired) electrons. The van der Waals surface area contributed by atoms with Crippen molar-refractivity contribution >= 4 is 5.91 Å². The van der Waals surface area contributed by atoms with Gasteiger partial charge in [0.15, 0.2) is 0 Å². The predicted molar refractivity (Wildman–Crippen MR) is 58.4 cm³/mol. The van der Waals surface area contributed by atoms with E-state index in [0.29, 0.717) is 5.56 Å². The highest BCUT2D eigenvalue weighted by atomic mass is 19.4. The Morgan fingerprint density at radius 1 is 1.35 bits per heavy atom. The van der Waals surface area contributed by atoms with Crippen LogP contribution in [-0.2, 0) is 4.79 Å². The number of alkyl halides is 3. The molecule has 0 bridgehead atoms. The van der Waals surface area contributed by atoms with Gasteiger partial charge in [-0.15, -0.1) is 0 Å². The fourth-order valence-electron chi connectivity index (χ4n) is 1.69. The van der Waals surface area contributed by atoms with Crippen molar-refractivity contribution in [2.24, 2.45) is 0 Å². The first-order chi connectivity index (χ1) is 7.79. The molecule has 1 rings (SSSR count). The summed E-state index contributed by atoms with van der Waals surface area (Å²) in [6.45, 7) is 2.93. The molecule has 0 saturated heterocycles. The lowest BCUT2D eigenvalue weighted by Gasteiger charge is -2.21. The van der Waals surface area contributed by atoms with Gasteiger partial charge in [-0.05, 0) is 18.1 Å². The van der Waals surface area contributed by atoms with Crippen molar-refractivity contribution < 1.29 is 18.0 Å². The molecule has 0 aliphatic heterocycles. The number of rotatable bonds is 3. The van der Waals surface area contributed by atoms with Gasteiger partial charge in [0.2, 0.25) is 5.91 Å². The molecule has 1 amide bonds. The van der Waals surface area contributed by atoms with Gasteiger partial charge in [0.25, 0.3) is 0 Å². The van der Waals surface area contributed by atoms with E-state index in [1.165, 1.54) is 6.92 Å². The van der Waals surface area contributed by atoms with E-state index in [1.807, 2.05) is 0 Å². The Morgan fingerprint density at radius 3 is 2.41 bits per heavy atom. The molecule has 0 spiro atoms. The average Bonchev–Trinajstić information content (AvgIpc) is 2.14. The van der Waals surface area contributed by atoms with Gasteiger partial charge in [0, 0.05) is 6.92 Å². The van der Waals surface area contributed by atoms with Crippen molar-refractivity contribution in [3.63, 3.8) is 0 Å². The van der Waals surface area contributed by atoms with Crippen LogP contribution in [0.3, 0.4) is 0 Å². The van der Waals surface area contributed by atoms with Gasteiger partial charge < -0.3 is 5.32 Å². The number of hydrogen-bond donors (Lipinski definition) is 1. The summed E-state index contributed by atoms with van der Waals surface area (Å²) >= 11 is 0. The van der Waals surface area contributed by atoms with Gasteiger partial charge in [0.05, 0.1) is 12.5 Å². The van der Waals surface area contributed by atoms with Gasteiger partial charge in [-0.3, -0.25) is 4.79 Å². The van der Waals surface area contributed by atoms with Crippen LogP contribution < -0.4 is 5.32 Å². The zero-order chi connectivity index (χ0) is 13.1. The predicted octanol–water partition coefficient (Wildman–Crippen LogP) is 3.12. The van der Waals surface area contributed by atoms with Crippen LogP contribution in [0.4, 0.5) is 13.2 Å². The van der Waals surface area contributed by atoms with E-state index in [4.69, 9.17) is 0 Å². The highest BCUT2D eigenvalue weighted by Gasteiger charge is 2.33. The van der Waals surface area contributed by atoms with Crippen molar-refractivity contribution in [3.05, 3.63) is 35.4 Å². The number of carbonyl (C=O) groups excluding carboxylic acids is 1. The van der Waals surface area contributed by atoms with E-state index >= 15 is 0 Å². The number of amides is 1. The van der Waals surface area contributed by atoms with Crippen molar-refractivity contribution in [2.45, 2.75) is 32.5 Å². The van der Waals surface area contributed by atoms with E-state index in [-0.39, 0.29) is 0 Å². The fourth-order valence-corrected chi connectivity index (χ4v) is 1.69. The molecule has 0 saturated carbocycles. The number of benzene rings is 1. The monoisotopic (exact) mass is 245 g/mol. The fraction of sp³-hybridized carbons (Fsp3) is 0.417. The van der Waals surface area contributed by atoms with Crippen LogP contribution in [0.1, 0.15) is 30.5 Å². The minimum absolute atomic E-state index is 0.470. The number of nitrogens with one attached hydrogen (secondary N) is 1. The maximum atomic E-state index is 12.4. The molecular formula is C12H14F3NO. The molecule has 0 aliphatic carbocycles. The van der Waals surface area contributed by atoms with E-state index in [2.05, 4.69) is 5.32 Å². The number of carbonyl (C=O) groups is 1. The zero-order valence-electron chi connectivity index (χ0n) is 9.64. The summed E-state index contributed by atoms with van der Waals surface area (Å²) in [4.78, 5) is 10.9. The van der Waals surface area contributed by atoms with Crippen LogP contribution in [0.15, 0.2) is 24.3 Å². The molecule has 0 heterocycles. The van der Waals surface area contributed by atoms with E-state index in [1.54, 1.807) is 31.2 Å². The van der Waals surface area contributed by atoms with Crippen molar-refractivity contribution in [1.82, 2.24) is 5.32 Å². The Labute approximate surface area is 97.8 Å². The van der Waals surface area contributed by atoms with Crippen LogP contribution in [0.25, 0.3) is 0 Å². The van der Waals surface area contributed by atoms with Gasteiger partial charge in [-0.1, -0.05) is 24.3 Å². The van der Waals surface area contributed by atoms with Crippen molar-refractivity contribution in [2.75, 3.05) is 0 Å². The molecule has 0 unspecified atom stereocenters. The van der Waals surface area contributed by atoms with Crippen LogP contribution in [0.2, 0.25) is 0 Å². The number of aryl methyl sites for hydroxylation is 1. The first-order valence-corrected chi connectivity index (χ1v) is 5.19. The zero-order valence-corrected chi connectivity index (χ0v) is 9.64. The molecule has 0 aromatic heterocycles. The van der Waals surface area contributed by atoms with E-state index in [9.17, 15) is 18.0 Å². The Bertz CT molecular complexity index is 401. The molecule has 17 heavy (non-hydrogen) atoms. The summed E-state index contributed by atoms with van der Waals surface area (Å²) in [5.74, 6) is -0.470. The first-order valence-electron chi connectivity index (χ1n) is 5.19. The van der Waals surface area contributed by atoms with Gasteiger partial charge in [0.1, 0.15) is 0 Å². The molecular weight excluding hydrogens is 231 g/mol. The van der Waals surface area contributed by atoms with E-state index < -0.39 is 24.5 Å². The van der Waals surface area contributed by atoms with Gasteiger partial charge >= 0.3 is 6.18 Å². The normalized spacial score (nSPS) is 13.2. The first kappa shape index (κ1) is 13.5. The van der Waals surface area contributed by atoms with Crippen LogP contribution in [0.5, 0.6) is 0 Å². The smallest absolute Gasteiger partial charge is 0.349 e. The summed E-state index contributed by atoms with van der Waals surface area (Å²) < 4.78 is 37.3. The minimum atomic E-state index is -4.31. The molecule has 1 aromatic rings. The number of hydrogen-bond acceptors (Lipinski definition) is 1. The highest BCUT2D eigenvalue weighted by molar-refractivity contribution is 5.73. The Hall–Kier alpha value is -1.52. The van der Waals surface area contributed by atoms with E-state index in [0.717, 1.165) is 5.56 Å². The lowest BCUT2D eigenvalue weighted by Crippen LogP contribution is -2.30. The van der Waals surface area contributed by atoms with Gasteiger partial charge in [-0.2, -0.15) is 13.2 Å². The summed E-state index contributed by atoms with van der Waals surface area (Å²) in [6.07, 6.45) is -5.37. The molecule has 0 fully saturated rings. The number of halogens is 3. The molecule has 1 N–H and O–H groups in total. The Morgan fingerprint density at radius 2 is 1.94 bits per heavy atom. The summed E-state index contributed by atoms with van der Waals surface area (Å²) in [6, 6.07) is 5.71. The van der Waals surface area contributed by atoms with Crippen molar-refractivity contribution in [3.8, 4) is 0 Å². The van der Waals surface area contributed by atoms with Crippen LogP contribution in [0, 0.1) is 6.92 Å². The van der Waals surface area contributed by atoms with Gasteiger partial charge in [-0.25, -0.2) is 0 Å². The molecule has 2 nitrogen and oxygen atoms in total. The Balaban J connectivity index is 2.98. The maximum absolute atomic E-state index is 12.4. The van der Waals surface area contributed by atoms with Crippen molar-refractivity contribution in [1.29, 1.82) is 0 Å². The molecule has 94 valence electrons. The quantitative estimate of drug-likeness (QED) is 0.870. The second kappa shape index (κ2) is 5.21. The summed E-state index contributed by atoms with van der Waals surface area (Å²) in [5.41, 5.74) is 1.23. The van der Waals surface area contributed by atoms with Crippen LogP contribution >= 0.6 is 0 Å². The highest BCUT2D eigenvalue weighted by Crippen LogP contribution is 2.30.